The average molecular weight is 348 g/mol. The number of hydrogen-bond donors (Lipinski definition) is 0. The minimum atomic E-state index is -0.195. The number of carbonyl (C=O) groups excluding carboxylic acids is 1. The van der Waals surface area contributed by atoms with Crippen LogP contribution < -0.4 is 0 Å². The summed E-state index contributed by atoms with van der Waals surface area (Å²) in [6.07, 6.45) is 4.19. The van der Waals surface area contributed by atoms with Crippen molar-refractivity contribution in [2.45, 2.75) is 45.3 Å². The lowest BCUT2D eigenvalue weighted by molar-refractivity contribution is -0.140. The molecule has 0 radical (unpaired) electrons. The van der Waals surface area contributed by atoms with Crippen LogP contribution in [0.1, 0.15) is 38.2 Å². The SMILES string of the molecule is CCOC1CCN(C(=O)C2CCCN(Cc3cccc(F)c3)C2)CC1. The number of amides is 1. The largest absolute Gasteiger partial charge is 0.378 e. The van der Waals surface area contributed by atoms with E-state index in [1.807, 2.05) is 17.9 Å². The monoisotopic (exact) mass is 348 g/mol. The summed E-state index contributed by atoms with van der Waals surface area (Å²) in [5.74, 6) is 0.171. The lowest BCUT2D eigenvalue weighted by atomic mass is 9.95. The number of nitrogens with zero attached hydrogens (tertiary/aromatic N) is 2. The van der Waals surface area contributed by atoms with Gasteiger partial charge >= 0.3 is 0 Å². The highest BCUT2D eigenvalue weighted by atomic mass is 19.1. The molecule has 1 aromatic rings. The standard InChI is InChI=1S/C20H29FN2O2/c1-2-25-19-8-11-23(12-9-19)20(24)17-6-4-10-22(15-17)14-16-5-3-7-18(21)13-16/h3,5,7,13,17,19H,2,4,6,8-12,14-15H2,1H3. The van der Waals surface area contributed by atoms with E-state index in [0.717, 1.165) is 64.0 Å². The maximum absolute atomic E-state index is 13.4. The van der Waals surface area contributed by atoms with Crippen LogP contribution in [-0.2, 0) is 16.1 Å². The summed E-state index contributed by atoms with van der Waals surface area (Å²) in [7, 11) is 0. The van der Waals surface area contributed by atoms with Gasteiger partial charge in [0.1, 0.15) is 5.82 Å². The third-order valence-electron chi connectivity index (χ3n) is 5.31. The Hall–Kier alpha value is -1.46. The Balaban J connectivity index is 1.51. The predicted octanol–water partition coefficient (Wildman–Crippen LogP) is 3.07. The molecule has 0 aromatic heterocycles. The van der Waals surface area contributed by atoms with Crippen LogP contribution in [0.5, 0.6) is 0 Å². The van der Waals surface area contributed by atoms with Crippen molar-refractivity contribution in [2.75, 3.05) is 32.8 Å². The van der Waals surface area contributed by atoms with E-state index in [-0.39, 0.29) is 11.7 Å². The molecule has 5 heteroatoms. The molecule has 2 aliphatic rings. The zero-order chi connectivity index (χ0) is 17.6. The lowest BCUT2D eigenvalue weighted by Crippen LogP contribution is -2.48. The summed E-state index contributed by atoms with van der Waals surface area (Å²) in [5, 5.41) is 0. The zero-order valence-electron chi connectivity index (χ0n) is 15.1. The van der Waals surface area contributed by atoms with Gasteiger partial charge < -0.3 is 9.64 Å². The molecule has 3 rings (SSSR count). The molecule has 2 aliphatic heterocycles. The Morgan fingerprint density at radius 3 is 2.76 bits per heavy atom. The minimum Gasteiger partial charge on any atom is -0.378 e. The number of hydrogen-bond acceptors (Lipinski definition) is 3. The van der Waals surface area contributed by atoms with Gasteiger partial charge in [-0.2, -0.15) is 0 Å². The molecule has 0 aliphatic carbocycles. The van der Waals surface area contributed by atoms with Crippen LogP contribution in [-0.4, -0.2) is 54.6 Å². The molecule has 2 saturated heterocycles. The maximum Gasteiger partial charge on any atom is 0.226 e. The first-order chi connectivity index (χ1) is 12.2. The van der Waals surface area contributed by atoms with E-state index in [2.05, 4.69) is 4.90 Å². The molecule has 2 heterocycles. The molecule has 0 spiro atoms. The highest BCUT2D eigenvalue weighted by Gasteiger charge is 2.31. The summed E-state index contributed by atoms with van der Waals surface area (Å²) in [6.45, 7) is 6.86. The second kappa shape index (κ2) is 8.77. The number of benzene rings is 1. The number of piperidine rings is 2. The van der Waals surface area contributed by atoms with Gasteiger partial charge in [0, 0.05) is 32.8 Å². The highest BCUT2D eigenvalue weighted by Crippen LogP contribution is 2.23. The average Bonchev–Trinajstić information content (AvgIpc) is 2.62. The lowest BCUT2D eigenvalue weighted by Gasteiger charge is -2.37. The topological polar surface area (TPSA) is 32.8 Å². The van der Waals surface area contributed by atoms with E-state index in [9.17, 15) is 9.18 Å². The first-order valence-electron chi connectivity index (χ1n) is 9.53. The third kappa shape index (κ3) is 5.02. The number of carbonyl (C=O) groups is 1. The van der Waals surface area contributed by atoms with Crippen LogP contribution in [0.4, 0.5) is 4.39 Å². The Morgan fingerprint density at radius 1 is 1.24 bits per heavy atom. The van der Waals surface area contributed by atoms with E-state index in [0.29, 0.717) is 18.6 Å². The van der Waals surface area contributed by atoms with Gasteiger partial charge in [0.05, 0.1) is 12.0 Å². The van der Waals surface area contributed by atoms with Crippen molar-refractivity contribution in [1.29, 1.82) is 0 Å². The van der Waals surface area contributed by atoms with E-state index in [4.69, 9.17) is 4.74 Å². The molecule has 138 valence electrons. The molecule has 25 heavy (non-hydrogen) atoms. The van der Waals surface area contributed by atoms with Crippen molar-refractivity contribution in [1.82, 2.24) is 9.80 Å². The summed E-state index contributed by atoms with van der Waals surface area (Å²) >= 11 is 0. The van der Waals surface area contributed by atoms with Crippen LogP contribution in [0.15, 0.2) is 24.3 Å². The first kappa shape index (κ1) is 18.3. The van der Waals surface area contributed by atoms with Crippen LogP contribution in [0.25, 0.3) is 0 Å². The summed E-state index contributed by atoms with van der Waals surface area (Å²) in [5.41, 5.74) is 0.977. The number of rotatable bonds is 5. The fraction of sp³-hybridized carbons (Fsp3) is 0.650. The van der Waals surface area contributed by atoms with Gasteiger partial charge in [-0.15, -0.1) is 0 Å². The summed E-state index contributed by atoms with van der Waals surface area (Å²) < 4.78 is 19.0. The van der Waals surface area contributed by atoms with E-state index < -0.39 is 0 Å². The summed E-state index contributed by atoms with van der Waals surface area (Å²) in [6, 6.07) is 6.76. The maximum atomic E-state index is 13.4. The molecule has 0 bridgehead atoms. The van der Waals surface area contributed by atoms with Crippen LogP contribution >= 0.6 is 0 Å². The fourth-order valence-electron chi connectivity index (χ4n) is 4.03. The van der Waals surface area contributed by atoms with E-state index >= 15 is 0 Å². The zero-order valence-corrected chi connectivity index (χ0v) is 15.1. The van der Waals surface area contributed by atoms with E-state index in [1.54, 1.807) is 12.1 Å². The Labute approximate surface area is 149 Å². The van der Waals surface area contributed by atoms with Crippen LogP contribution in [0.3, 0.4) is 0 Å². The number of likely N-dealkylation sites (tertiary alicyclic amines) is 2. The Kier molecular flexibility index (Phi) is 6.43. The Morgan fingerprint density at radius 2 is 2.04 bits per heavy atom. The number of ether oxygens (including phenoxy) is 1. The molecule has 1 unspecified atom stereocenters. The van der Waals surface area contributed by atoms with Gasteiger partial charge in [-0.3, -0.25) is 9.69 Å². The predicted molar refractivity (Wildman–Crippen MR) is 95.6 cm³/mol. The van der Waals surface area contributed by atoms with Gasteiger partial charge in [-0.25, -0.2) is 4.39 Å². The molecule has 0 N–H and O–H groups in total. The highest BCUT2D eigenvalue weighted by molar-refractivity contribution is 5.79. The second-order valence-corrected chi connectivity index (χ2v) is 7.18. The van der Waals surface area contributed by atoms with Crippen molar-refractivity contribution >= 4 is 5.91 Å². The first-order valence-corrected chi connectivity index (χ1v) is 9.53. The van der Waals surface area contributed by atoms with Crippen molar-refractivity contribution in [3.8, 4) is 0 Å². The number of halogens is 1. The molecular weight excluding hydrogens is 319 g/mol. The van der Waals surface area contributed by atoms with Gasteiger partial charge in [0.25, 0.3) is 0 Å². The van der Waals surface area contributed by atoms with Crippen LogP contribution in [0.2, 0.25) is 0 Å². The van der Waals surface area contributed by atoms with Crippen LogP contribution in [0, 0.1) is 11.7 Å². The quantitative estimate of drug-likeness (QED) is 0.820. The normalized spacial score (nSPS) is 23.0. The molecule has 1 atom stereocenters. The van der Waals surface area contributed by atoms with Gasteiger partial charge in [-0.05, 0) is 56.8 Å². The molecular formula is C20H29FN2O2. The van der Waals surface area contributed by atoms with Crippen molar-refractivity contribution < 1.29 is 13.9 Å². The Bertz CT molecular complexity index is 573. The van der Waals surface area contributed by atoms with Crippen molar-refractivity contribution in [3.05, 3.63) is 35.6 Å². The van der Waals surface area contributed by atoms with Crippen molar-refractivity contribution in [3.63, 3.8) is 0 Å². The smallest absolute Gasteiger partial charge is 0.226 e. The van der Waals surface area contributed by atoms with Crippen molar-refractivity contribution in [2.24, 2.45) is 5.92 Å². The van der Waals surface area contributed by atoms with Gasteiger partial charge in [0.15, 0.2) is 0 Å². The molecule has 1 aromatic carbocycles. The van der Waals surface area contributed by atoms with Gasteiger partial charge in [-0.1, -0.05) is 12.1 Å². The van der Waals surface area contributed by atoms with Gasteiger partial charge in [0.2, 0.25) is 5.91 Å². The fourth-order valence-corrected chi connectivity index (χ4v) is 4.03. The molecule has 0 saturated carbocycles. The minimum absolute atomic E-state index is 0.0750. The second-order valence-electron chi connectivity index (χ2n) is 7.18. The summed E-state index contributed by atoms with van der Waals surface area (Å²) in [4.78, 5) is 17.2. The molecule has 4 nitrogen and oxygen atoms in total. The van der Waals surface area contributed by atoms with E-state index in [1.165, 1.54) is 6.07 Å². The third-order valence-corrected chi connectivity index (χ3v) is 5.31. The molecule has 2 fully saturated rings. The molecule has 1 amide bonds.